The Labute approximate surface area is 123 Å². The fourth-order valence-corrected chi connectivity index (χ4v) is 3.72. The summed E-state index contributed by atoms with van der Waals surface area (Å²) in [4.78, 5) is 6.99. The van der Waals surface area contributed by atoms with Crippen LogP contribution in [-0.2, 0) is 10.6 Å². The first-order chi connectivity index (χ1) is 9.19. The van der Waals surface area contributed by atoms with Gasteiger partial charge in [-0.25, -0.2) is 4.98 Å². The number of alkyl halides is 1. The zero-order chi connectivity index (χ0) is 13.8. The second-order valence-corrected chi connectivity index (χ2v) is 6.08. The summed E-state index contributed by atoms with van der Waals surface area (Å²) >= 11 is 7.50. The Morgan fingerprint density at radius 1 is 1.68 bits per heavy atom. The number of aliphatic hydroxyl groups is 1. The molecule has 0 radical (unpaired) electrons. The predicted octanol–water partition coefficient (Wildman–Crippen LogP) is 2.41. The third-order valence-corrected chi connectivity index (χ3v) is 4.80. The van der Waals surface area contributed by atoms with E-state index in [9.17, 15) is 5.11 Å². The van der Waals surface area contributed by atoms with Crippen molar-refractivity contribution in [2.45, 2.75) is 44.3 Å². The van der Waals surface area contributed by atoms with Gasteiger partial charge in [0.05, 0.1) is 36.9 Å². The maximum absolute atomic E-state index is 9.28. The van der Waals surface area contributed by atoms with Crippen LogP contribution in [0, 0.1) is 0 Å². The number of thiazole rings is 1. The zero-order valence-corrected chi connectivity index (χ0v) is 13.0. The van der Waals surface area contributed by atoms with Crippen molar-refractivity contribution in [3.63, 3.8) is 0 Å². The molecule has 1 aromatic heterocycles. The van der Waals surface area contributed by atoms with E-state index in [2.05, 4.69) is 23.7 Å². The number of hydrogen-bond acceptors (Lipinski definition) is 5. The molecule has 1 fully saturated rings. The number of aliphatic hydroxyl groups excluding tert-OH is 1. The summed E-state index contributed by atoms with van der Waals surface area (Å²) in [5, 5.41) is 12.4. The summed E-state index contributed by atoms with van der Waals surface area (Å²) < 4.78 is 5.60. The molecule has 1 aliphatic heterocycles. The summed E-state index contributed by atoms with van der Waals surface area (Å²) in [6.07, 6.45) is 0.912. The van der Waals surface area contributed by atoms with Crippen LogP contribution in [0.3, 0.4) is 0 Å². The second kappa shape index (κ2) is 6.99. The van der Waals surface area contributed by atoms with Crippen molar-refractivity contribution < 1.29 is 9.84 Å². The molecule has 2 rings (SSSR count). The minimum atomic E-state index is -0.0855. The highest BCUT2D eigenvalue weighted by molar-refractivity contribution is 7.09. The summed E-state index contributed by atoms with van der Waals surface area (Å²) in [6, 6.07) is 0.631. The normalized spacial score (nSPS) is 26.5. The second-order valence-electron chi connectivity index (χ2n) is 4.92. The van der Waals surface area contributed by atoms with Gasteiger partial charge in [-0.2, -0.15) is 0 Å². The number of halogens is 1. The largest absolute Gasteiger partial charge is 0.394 e. The van der Waals surface area contributed by atoms with E-state index in [0.717, 1.165) is 23.7 Å². The van der Waals surface area contributed by atoms with Gasteiger partial charge in [-0.05, 0) is 13.3 Å². The van der Waals surface area contributed by atoms with Gasteiger partial charge in [-0.15, -0.1) is 22.9 Å². The van der Waals surface area contributed by atoms with Gasteiger partial charge in [0.1, 0.15) is 5.01 Å². The first-order valence-electron chi connectivity index (χ1n) is 6.68. The maximum atomic E-state index is 9.28. The molecule has 0 bridgehead atoms. The van der Waals surface area contributed by atoms with Crippen molar-refractivity contribution in [3.05, 3.63) is 16.1 Å². The molecular formula is C13H21ClN2O2S. The average molecular weight is 305 g/mol. The van der Waals surface area contributed by atoms with Crippen LogP contribution in [0.15, 0.2) is 5.38 Å². The van der Waals surface area contributed by atoms with Crippen molar-refractivity contribution in [2.24, 2.45) is 0 Å². The van der Waals surface area contributed by atoms with E-state index in [1.165, 1.54) is 0 Å². The van der Waals surface area contributed by atoms with Crippen LogP contribution in [0.4, 0.5) is 0 Å². The molecule has 0 aliphatic carbocycles. The summed E-state index contributed by atoms with van der Waals surface area (Å²) in [5.74, 6) is 0.463. The fourth-order valence-electron chi connectivity index (χ4n) is 2.47. The van der Waals surface area contributed by atoms with Crippen LogP contribution in [0.2, 0.25) is 0 Å². The Kier molecular flexibility index (Phi) is 5.59. The molecule has 1 N–H and O–H groups in total. The minimum Gasteiger partial charge on any atom is -0.394 e. The lowest BCUT2D eigenvalue weighted by atomic mass is 10.1. The van der Waals surface area contributed by atoms with E-state index in [0.29, 0.717) is 18.5 Å². The summed E-state index contributed by atoms with van der Waals surface area (Å²) in [5.41, 5.74) is 0.944. The van der Waals surface area contributed by atoms with Gasteiger partial charge >= 0.3 is 0 Å². The van der Waals surface area contributed by atoms with E-state index < -0.39 is 0 Å². The van der Waals surface area contributed by atoms with Gasteiger partial charge in [0.2, 0.25) is 0 Å². The smallest absolute Gasteiger partial charge is 0.110 e. The van der Waals surface area contributed by atoms with Crippen molar-refractivity contribution in [1.82, 2.24) is 9.88 Å². The molecule has 3 atom stereocenters. The molecule has 108 valence electrons. The van der Waals surface area contributed by atoms with E-state index in [1.54, 1.807) is 11.3 Å². The highest BCUT2D eigenvalue weighted by atomic mass is 35.5. The molecule has 0 spiro atoms. The third-order valence-electron chi connectivity index (χ3n) is 3.54. The number of aromatic nitrogens is 1. The molecule has 1 saturated heterocycles. The molecular weight excluding hydrogens is 284 g/mol. The lowest BCUT2D eigenvalue weighted by molar-refractivity contribution is -0.0923. The predicted molar refractivity (Wildman–Crippen MR) is 77.7 cm³/mol. The van der Waals surface area contributed by atoms with Crippen LogP contribution >= 0.6 is 22.9 Å². The molecule has 4 nitrogen and oxygen atoms in total. The molecule has 1 aliphatic rings. The fraction of sp³-hybridized carbons (Fsp3) is 0.769. The molecule has 0 saturated carbocycles. The number of nitrogens with zero attached hydrogens (tertiary/aromatic N) is 2. The summed E-state index contributed by atoms with van der Waals surface area (Å²) in [6.45, 7) is 5.82. The van der Waals surface area contributed by atoms with Gasteiger partial charge in [0, 0.05) is 18.0 Å². The lowest BCUT2D eigenvalue weighted by Crippen LogP contribution is -2.50. The number of hydrogen-bond donors (Lipinski definition) is 1. The number of morpholine rings is 1. The average Bonchev–Trinajstić information content (AvgIpc) is 2.90. The summed E-state index contributed by atoms with van der Waals surface area (Å²) in [7, 11) is 0. The van der Waals surface area contributed by atoms with Gasteiger partial charge in [0.25, 0.3) is 0 Å². The molecule has 6 heteroatoms. The number of rotatable bonds is 5. The molecule has 1 aromatic rings. The van der Waals surface area contributed by atoms with Crippen molar-refractivity contribution >= 4 is 22.9 Å². The van der Waals surface area contributed by atoms with Crippen molar-refractivity contribution in [3.8, 4) is 0 Å². The topological polar surface area (TPSA) is 45.6 Å². The molecule has 0 aromatic carbocycles. The molecule has 0 amide bonds. The third kappa shape index (κ3) is 3.47. The molecule has 19 heavy (non-hydrogen) atoms. The van der Waals surface area contributed by atoms with Crippen LogP contribution in [0.25, 0.3) is 0 Å². The van der Waals surface area contributed by atoms with Crippen molar-refractivity contribution in [2.75, 3.05) is 19.8 Å². The Morgan fingerprint density at radius 3 is 3.05 bits per heavy atom. The minimum absolute atomic E-state index is 0.0739. The van der Waals surface area contributed by atoms with Crippen LogP contribution in [0.5, 0.6) is 0 Å². The van der Waals surface area contributed by atoms with Crippen LogP contribution < -0.4 is 0 Å². The van der Waals surface area contributed by atoms with Gasteiger partial charge in [0.15, 0.2) is 0 Å². The molecule has 3 unspecified atom stereocenters. The Balaban J connectivity index is 2.15. The standard InChI is InChI=1S/C13H21ClN2O2S/c1-3-12(13-15-10(4-14)8-19-13)16-5-11(6-17)18-7-9(16)2/h8-9,11-12,17H,3-7H2,1-2H3. The van der Waals surface area contributed by atoms with Gasteiger partial charge < -0.3 is 9.84 Å². The van der Waals surface area contributed by atoms with Crippen molar-refractivity contribution in [1.29, 1.82) is 0 Å². The quantitative estimate of drug-likeness (QED) is 0.849. The van der Waals surface area contributed by atoms with E-state index in [4.69, 9.17) is 16.3 Å². The van der Waals surface area contributed by atoms with E-state index in [-0.39, 0.29) is 18.8 Å². The maximum Gasteiger partial charge on any atom is 0.110 e. The SMILES string of the molecule is CCC(c1nc(CCl)cs1)N1CC(CO)OCC1C. The Bertz CT molecular complexity index is 402. The Morgan fingerprint density at radius 2 is 2.47 bits per heavy atom. The first-order valence-corrected chi connectivity index (χ1v) is 8.09. The van der Waals surface area contributed by atoms with E-state index in [1.807, 2.05) is 5.38 Å². The van der Waals surface area contributed by atoms with Crippen LogP contribution in [-0.4, -0.2) is 46.9 Å². The highest BCUT2D eigenvalue weighted by Gasteiger charge is 2.32. The zero-order valence-electron chi connectivity index (χ0n) is 11.4. The van der Waals surface area contributed by atoms with Gasteiger partial charge in [-0.1, -0.05) is 6.92 Å². The first kappa shape index (κ1) is 15.2. The monoisotopic (exact) mass is 304 g/mol. The number of ether oxygens (including phenoxy) is 1. The van der Waals surface area contributed by atoms with E-state index >= 15 is 0 Å². The lowest BCUT2D eigenvalue weighted by Gasteiger charge is -2.41. The highest BCUT2D eigenvalue weighted by Crippen LogP contribution is 2.31. The molecule has 2 heterocycles. The van der Waals surface area contributed by atoms with Gasteiger partial charge in [-0.3, -0.25) is 4.90 Å². The Hall–Kier alpha value is -0.200. The van der Waals surface area contributed by atoms with Crippen LogP contribution in [0.1, 0.15) is 37.0 Å².